The summed E-state index contributed by atoms with van der Waals surface area (Å²) in [4.78, 5) is 0. The van der Waals surface area contributed by atoms with E-state index in [1.165, 1.54) is 0 Å². The van der Waals surface area contributed by atoms with Gasteiger partial charge in [0, 0.05) is 0 Å². The summed E-state index contributed by atoms with van der Waals surface area (Å²) < 4.78 is 5.82. The van der Waals surface area contributed by atoms with Crippen molar-refractivity contribution < 1.29 is 4.74 Å². The predicted molar refractivity (Wildman–Crippen MR) is 69.8 cm³/mol. The molecule has 0 bridgehead atoms. The summed E-state index contributed by atoms with van der Waals surface area (Å²) in [6.45, 7) is 12.1. The quantitative estimate of drug-likeness (QED) is 0.724. The van der Waals surface area contributed by atoms with Crippen LogP contribution < -0.4 is 4.74 Å². The van der Waals surface area contributed by atoms with Gasteiger partial charge in [0.05, 0.1) is 6.61 Å². The Morgan fingerprint density at radius 3 is 2.00 bits per heavy atom. The Labute approximate surface area is 99.8 Å². The van der Waals surface area contributed by atoms with Gasteiger partial charge in [0.2, 0.25) is 0 Å². The van der Waals surface area contributed by atoms with Crippen molar-refractivity contribution in [1.29, 1.82) is 0 Å². The fourth-order valence-corrected chi connectivity index (χ4v) is 2.28. The average molecular weight is 220 g/mol. The number of rotatable bonds is 4. The lowest BCUT2D eigenvalue weighted by molar-refractivity contribution is 0.125. The van der Waals surface area contributed by atoms with Gasteiger partial charge in [-0.05, 0) is 29.4 Å². The molecule has 16 heavy (non-hydrogen) atoms. The van der Waals surface area contributed by atoms with Gasteiger partial charge in [0.15, 0.2) is 0 Å². The van der Waals surface area contributed by atoms with Crippen LogP contribution in [0.1, 0.15) is 41.0 Å². The lowest BCUT2D eigenvalue weighted by Crippen LogP contribution is -2.27. The Morgan fingerprint density at radius 2 is 1.50 bits per heavy atom. The van der Waals surface area contributed by atoms with Crippen LogP contribution >= 0.6 is 0 Å². The number of hydrogen-bond donors (Lipinski definition) is 0. The van der Waals surface area contributed by atoms with Crippen LogP contribution in [0.25, 0.3) is 0 Å². The number of benzene rings is 1. The topological polar surface area (TPSA) is 9.23 Å². The highest BCUT2D eigenvalue weighted by molar-refractivity contribution is 5.20. The van der Waals surface area contributed by atoms with E-state index in [2.05, 4.69) is 34.6 Å². The first kappa shape index (κ1) is 13.1. The SMILES string of the molecule is CC(C)(C)CC(C)(C)COc1ccccc1. The molecule has 90 valence electrons. The zero-order chi connectivity index (χ0) is 12.2. The van der Waals surface area contributed by atoms with E-state index in [9.17, 15) is 0 Å². The molecular formula is C15H24O. The molecule has 0 aliphatic carbocycles. The summed E-state index contributed by atoms with van der Waals surface area (Å²) in [5.74, 6) is 0.962. The first-order valence-electron chi connectivity index (χ1n) is 5.96. The van der Waals surface area contributed by atoms with Gasteiger partial charge in [-0.1, -0.05) is 52.8 Å². The highest BCUT2D eigenvalue weighted by Crippen LogP contribution is 2.33. The molecule has 0 radical (unpaired) electrons. The van der Waals surface area contributed by atoms with Gasteiger partial charge in [0.1, 0.15) is 5.75 Å². The highest BCUT2D eigenvalue weighted by atomic mass is 16.5. The van der Waals surface area contributed by atoms with Crippen molar-refractivity contribution in [2.75, 3.05) is 6.61 Å². The van der Waals surface area contributed by atoms with Gasteiger partial charge in [-0.3, -0.25) is 0 Å². The summed E-state index contributed by atoms with van der Waals surface area (Å²) in [5, 5.41) is 0. The maximum absolute atomic E-state index is 5.82. The second-order valence-corrected chi connectivity index (χ2v) is 6.50. The van der Waals surface area contributed by atoms with Gasteiger partial charge < -0.3 is 4.74 Å². The average Bonchev–Trinajstić information content (AvgIpc) is 2.13. The molecule has 0 amide bonds. The third-order valence-electron chi connectivity index (χ3n) is 2.38. The van der Waals surface area contributed by atoms with Crippen molar-refractivity contribution in [1.82, 2.24) is 0 Å². The third-order valence-corrected chi connectivity index (χ3v) is 2.38. The fourth-order valence-electron chi connectivity index (χ4n) is 2.28. The number of ether oxygens (including phenoxy) is 1. The van der Waals surface area contributed by atoms with Gasteiger partial charge in [-0.25, -0.2) is 0 Å². The summed E-state index contributed by atoms with van der Waals surface area (Å²) >= 11 is 0. The molecule has 0 aromatic heterocycles. The highest BCUT2D eigenvalue weighted by Gasteiger charge is 2.26. The molecule has 0 heterocycles. The second-order valence-electron chi connectivity index (χ2n) is 6.50. The molecule has 0 saturated heterocycles. The molecule has 1 rings (SSSR count). The molecule has 1 nitrogen and oxygen atoms in total. The standard InChI is InChI=1S/C15H24O/c1-14(2,3)11-15(4,5)12-16-13-9-7-6-8-10-13/h6-10H,11-12H2,1-5H3. The maximum Gasteiger partial charge on any atom is 0.119 e. The van der Waals surface area contributed by atoms with Gasteiger partial charge in [-0.15, -0.1) is 0 Å². The molecule has 0 atom stereocenters. The minimum atomic E-state index is 0.216. The lowest BCUT2D eigenvalue weighted by atomic mass is 9.77. The van der Waals surface area contributed by atoms with Crippen molar-refractivity contribution in [3.8, 4) is 5.75 Å². The van der Waals surface area contributed by atoms with Gasteiger partial charge in [-0.2, -0.15) is 0 Å². The Bertz CT molecular complexity index is 306. The molecule has 1 heteroatoms. The molecule has 0 aliphatic heterocycles. The Kier molecular flexibility index (Phi) is 4.01. The van der Waals surface area contributed by atoms with Crippen LogP contribution in [0.15, 0.2) is 30.3 Å². The zero-order valence-corrected chi connectivity index (χ0v) is 11.2. The molecule has 0 spiro atoms. The Hall–Kier alpha value is -0.980. The first-order valence-corrected chi connectivity index (χ1v) is 5.96. The molecule has 0 N–H and O–H groups in total. The summed E-state index contributed by atoms with van der Waals surface area (Å²) in [6, 6.07) is 10.0. The summed E-state index contributed by atoms with van der Waals surface area (Å²) in [5.41, 5.74) is 0.567. The normalized spacial score (nSPS) is 12.6. The van der Waals surface area contributed by atoms with E-state index < -0.39 is 0 Å². The number of para-hydroxylation sites is 1. The maximum atomic E-state index is 5.82. The zero-order valence-electron chi connectivity index (χ0n) is 11.2. The van der Waals surface area contributed by atoms with E-state index in [-0.39, 0.29) is 5.41 Å². The molecule has 0 aliphatic rings. The largest absolute Gasteiger partial charge is 0.493 e. The number of hydrogen-bond acceptors (Lipinski definition) is 1. The summed E-state index contributed by atoms with van der Waals surface area (Å²) in [6.07, 6.45) is 1.16. The lowest BCUT2D eigenvalue weighted by Gasteiger charge is -2.32. The van der Waals surface area contributed by atoms with E-state index >= 15 is 0 Å². The van der Waals surface area contributed by atoms with Crippen molar-refractivity contribution in [3.63, 3.8) is 0 Å². The third kappa shape index (κ3) is 5.20. The van der Waals surface area contributed by atoms with Crippen molar-refractivity contribution >= 4 is 0 Å². The molecular weight excluding hydrogens is 196 g/mol. The summed E-state index contributed by atoms with van der Waals surface area (Å²) in [7, 11) is 0. The van der Waals surface area contributed by atoms with Gasteiger partial charge in [0.25, 0.3) is 0 Å². The Morgan fingerprint density at radius 1 is 0.938 bits per heavy atom. The minimum absolute atomic E-state index is 0.216. The van der Waals surface area contributed by atoms with Gasteiger partial charge >= 0.3 is 0 Å². The fraction of sp³-hybridized carbons (Fsp3) is 0.600. The Balaban J connectivity index is 2.48. The van der Waals surface area contributed by atoms with E-state index in [1.807, 2.05) is 30.3 Å². The smallest absolute Gasteiger partial charge is 0.119 e. The van der Waals surface area contributed by atoms with Crippen LogP contribution in [0.2, 0.25) is 0 Å². The minimum Gasteiger partial charge on any atom is -0.493 e. The van der Waals surface area contributed by atoms with Crippen LogP contribution in [0.3, 0.4) is 0 Å². The molecule has 0 unspecified atom stereocenters. The van der Waals surface area contributed by atoms with Crippen molar-refractivity contribution in [2.45, 2.75) is 41.0 Å². The second kappa shape index (κ2) is 4.90. The van der Waals surface area contributed by atoms with E-state index in [4.69, 9.17) is 4.74 Å². The van der Waals surface area contributed by atoms with Crippen LogP contribution in [0.5, 0.6) is 5.75 Å². The van der Waals surface area contributed by atoms with E-state index in [0.717, 1.165) is 18.8 Å². The van der Waals surface area contributed by atoms with E-state index in [1.54, 1.807) is 0 Å². The predicted octanol–water partition coefficient (Wildman–Crippen LogP) is 4.53. The van der Waals surface area contributed by atoms with Crippen LogP contribution in [0.4, 0.5) is 0 Å². The van der Waals surface area contributed by atoms with Crippen molar-refractivity contribution in [2.24, 2.45) is 10.8 Å². The van der Waals surface area contributed by atoms with Crippen LogP contribution in [-0.2, 0) is 0 Å². The molecule has 1 aromatic rings. The van der Waals surface area contributed by atoms with Crippen molar-refractivity contribution in [3.05, 3.63) is 30.3 Å². The molecule has 1 aromatic carbocycles. The van der Waals surface area contributed by atoms with Crippen LogP contribution in [-0.4, -0.2) is 6.61 Å². The molecule has 0 saturated carbocycles. The first-order chi connectivity index (χ1) is 7.29. The molecule has 0 fully saturated rings. The van der Waals surface area contributed by atoms with E-state index in [0.29, 0.717) is 5.41 Å². The monoisotopic (exact) mass is 220 g/mol. The van der Waals surface area contributed by atoms with Crippen LogP contribution in [0, 0.1) is 10.8 Å².